The molecule has 1 heterocycles. The van der Waals surface area contributed by atoms with Crippen molar-refractivity contribution in [2.75, 3.05) is 11.5 Å². The molecule has 0 aliphatic rings. The molecule has 1 aromatic rings. The summed E-state index contributed by atoms with van der Waals surface area (Å²) in [4.78, 5) is 11.6. The molecule has 0 aliphatic heterocycles. The Kier molecular flexibility index (Phi) is 5.21. The van der Waals surface area contributed by atoms with Crippen molar-refractivity contribution in [3.05, 3.63) is 11.4 Å². The Morgan fingerprint density at radius 3 is 2.61 bits per heavy atom. The van der Waals surface area contributed by atoms with Crippen LogP contribution < -0.4 is 4.72 Å². The van der Waals surface area contributed by atoms with Gasteiger partial charge < -0.3 is 0 Å². The summed E-state index contributed by atoms with van der Waals surface area (Å²) in [5, 5.41) is 6.39. The summed E-state index contributed by atoms with van der Waals surface area (Å²) in [7, 11) is -3.82. The summed E-state index contributed by atoms with van der Waals surface area (Å²) in [5.41, 5.74) is 0.781. The van der Waals surface area contributed by atoms with Crippen LogP contribution in [-0.2, 0) is 14.8 Å². The zero-order chi connectivity index (χ0) is 13.8. The van der Waals surface area contributed by atoms with Gasteiger partial charge in [0, 0.05) is 0 Å². The number of carbonyl (C=O) groups excluding carboxylic acids is 1. The fraction of sp³-hybridized carbons (Fsp3) is 0.600. The Morgan fingerprint density at radius 2 is 2.11 bits per heavy atom. The zero-order valence-corrected chi connectivity index (χ0v) is 12.2. The van der Waals surface area contributed by atoms with E-state index < -0.39 is 15.9 Å². The van der Waals surface area contributed by atoms with Crippen LogP contribution in [0.2, 0.25) is 0 Å². The second-order valence-corrected chi connectivity index (χ2v) is 6.57. The molecule has 2 N–H and O–H groups in total. The van der Waals surface area contributed by atoms with Gasteiger partial charge in [0.1, 0.15) is 4.90 Å². The molecule has 0 spiro atoms. The first kappa shape index (κ1) is 15.0. The first-order valence-electron chi connectivity index (χ1n) is 5.53. The number of carbonyl (C=O) groups is 1. The van der Waals surface area contributed by atoms with Gasteiger partial charge in [-0.25, -0.2) is 13.1 Å². The number of rotatable bonds is 6. The smallest absolute Gasteiger partial charge is 0.267 e. The Balaban J connectivity index is 2.74. The summed E-state index contributed by atoms with van der Waals surface area (Å²) in [6, 6.07) is 0. The highest BCUT2D eigenvalue weighted by Gasteiger charge is 2.24. The van der Waals surface area contributed by atoms with Crippen molar-refractivity contribution >= 4 is 27.7 Å². The van der Waals surface area contributed by atoms with Gasteiger partial charge in [0.15, 0.2) is 0 Å². The molecule has 1 rings (SSSR count). The van der Waals surface area contributed by atoms with E-state index >= 15 is 0 Å². The number of aromatic nitrogens is 2. The molecule has 1 amide bonds. The Morgan fingerprint density at radius 1 is 1.44 bits per heavy atom. The molecule has 0 fully saturated rings. The van der Waals surface area contributed by atoms with Gasteiger partial charge in [-0.3, -0.25) is 9.89 Å². The predicted octanol–water partition coefficient (Wildman–Crippen LogP) is 0.975. The third-order valence-electron chi connectivity index (χ3n) is 2.16. The van der Waals surface area contributed by atoms with Gasteiger partial charge in [0.2, 0.25) is 5.91 Å². The number of aryl methyl sites for hydroxylation is 2. The lowest BCUT2D eigenvalue weighted by Gasteiger charge is -2.06. The first-order valence-corrected chi connectivity index (χ1v) is 8.17. The molecule has 18 heavy (non-hydrogen) atoms. The molecule has 102 valence electrons. The number of amides is 1. The van der Waals surface area contributed by atoms with Crippen molar-refractivity contribution in [3.63, 3.8) is 0 Å². The molecular weight excluding hydrogens is 274 g/mol. The fourth-order valence-corrected chi connectivity index (χ4v) is 3.62. The summed E-state index contributed by atoms with van der Waals surface area (Å²) in [6.07, 6.45) is 0.949. The normalized spacial score (nSPS) is 11.5. The lowest BCUT2D eigenvalue weighted by atomic mass is 10.4. The number of nitrogens with one attached hydrogen (secondary N) is 2. The van der Waals surface area contributed by atoms with Crippen molar-refractivity contribution in [2.45, 2.75) is 32.1 Å². The number of H-pyrrole nitrogens is 1. The maximum Gasteiger partial charge on any atom is 0.267 e. The van der Waals surface area contributed by atoms with E-state index in [0.717, 1.165) is 12.2 Å². The number of hydrogen-bond donors (Lipinski definition) is 2. The van der Waals surface area contributed by atoms with E-state index in [1.54, 1.807) is 13.8 Å². The Hall–Kier alpha value is -1.02. The number of thioether (sulfide) groups is 1. The second-order valence-electron chi connectivity index (χ2n) is 3.84. The molecule has 8 heteroatoms. The van der Waals surface area contributed by atoms with Crippen molar-refractivity contribution in [2.24, 2.45) is 0 Å². The minimum Gasteiger partial charge on any atom is -0.281 e. The minimum absolute atomic E-state index is 0.0522. The summed E-state index contributed by atoms with van der Waals surface area (Å²) >= 11 is 1.41. The van der Waals surface area contributed by atoms with Crippen LogP contribution in [0.3, 0.4) is 0 Å². The molecule has 6 nitrogen and oxygen atoms in total. The van der Waals surface area contributed by atoms with Crippen LogP contribution in [0.15, 0.2) is 4.90 Å². The standard InChI is InChI=1S/C10H17N3O3S2/c1-4-5-17-6-9(14)13-18(15,16)10-7(2)11-12-8(10)3/h4-6H2,1-3H3,(H,11,12)(H,13,14). The van der Waals surface area contributed by atoms with Crippen molar-refractivity contribution < 1.29 is 13.2 Å². The van der Waals surface area contributed by atoms with E-state index in [4.69, 9.17) is 0 Å². The SMILES string of the molecule is CCCSCC(=O)NS(=O)(=O)c1c(C)n[nH]c1C. The van der Waals surface area contributed by atoms with Gasteiger partial charge in [0.25, 0.3) is 10.0 Å². The molecule has 0 aliphatic carbocycles. The van der Waals surface area contributed by atoms with Gasteiger partial charge in [-0.05, 0) is 26.0 Å². The lowest BCUT2D eigenvalue weighted by molar-refractivity contribution is -0.116. The summed E-state index contributed by atoms with van der Waals surface area (Å²) in [5.74, 6) is 0.466. The zero-order valence-electron chi connectivity index (χ0n) is 10.6. The topological polar surface area (TPSA) is 91.9 Å². The van der Waals surface area contributed by atoms with Gasteiger partial charge in [0.05, 0.1) is 17.1 Å². The van der Waals surface area contributed by atoms with E-state index in [2.05, 4.69) is 14.9 Å². The largest absolute Gasteiger partial charge is 0.281 e. The number of aromatic amines is 1. The van der Waals surface area contributed by atoms with E-state index in [1.165, 1.54) is 11.8 Å². The average Bonchev–Trinajstić information content (AvgIpc) is 2.58. The van der Waals surface area contributed by atoms with E-state index in [9.17, 15) is 13.2 Å². The van der Waals surface area contributed by atoms with E-state index in [-0.39, 0.29) is 10.6 Å². The van der Waals surface area contributed by atoms with Crippen LogP contribution >= 0.6 is 11.8 Å². The van der Waals surface area contributed by atoms with Crippen molar-refractivity contribution in [1.82, 2.24) is 14.9 Å². The maximum absolute atomic E-state index is 12.0. The Bertz CT molecular complexity index is 503. The quantitative estimate of drug-likeness (QED) is 0.762. The third-order valence-corrected chi connectivity index (χ3v) is 4.96. The number of nitrogens with zero attached hydrogens (tertiary/aromatic N) is 1. The molecule has 0 saturated heterocycles. The molecule has 0 bridgehead atoms. The van der Waals surface area contributed by atoms with Crippen LogP contribution in [0.4, 0.5) is 0 Å². The highest BCUT2D eigenvalue weighted by atomic mass is 32.2. The van der Waals surface area contributed by atoms with Crippen LogP contribution in [0.1, 0.15) is 24.7 Å². The summed E-state index contributed by atoms with van der Waals surface area (Å²) in [6.45, 7) is 5.18. The predicted molar refractivity (Wildman–Crippen MR) is 71.0 cm³/mol. The van der Waals surface area contributed by atoms with E-state index in [0.29, 0.717) is 11.4 Å². The number of sulfonamides is 1. The van der Waals surface area contributed by atoms with Crippen LogP contribution in [0.5, 0.6) is 0 Å². The van der Waals surface area contributed by atoms with Gasteiger partial charge in [-0.2, -0.15) is 16.9 Å². The fourth-order valence-electron chi connectivity index (χ4n) is 1.48. The van der Waals surface area contributed by atoms with Crippen LogP contribution in [0, 0.1) is 13.8 Å². The molecule has 0 saturated carbocycles. The molecule has 0 aromatic carbocycles. The first-order chi connectivity index (χ1) is 8.38. The third kappa shape index (κ3) is 3.74. The highest BCUT2D eigenvalue weighted by molar-refractivity contribution is 8.00. The van der Waals surface area contributed by atoms with Crippen molar-refractivity contribution in [3.8, 4) is 0 Å². The van der Waals surface area contributed by atoms with Crippen molar-refractivity contribution in [1.29, 1.82) is 0 Å². The molecular formula is C10H17N3O3S2. The summed E-state index contributed by atoms with van der Waals surface area (Å²) < 4.78 is 26.0. The van der Waals surface area contributed by atoms with Gasteiger partial charge in [-0.1, -0.05) is 6.92 Å². The molecule has 0 atom stereocenters. The second kappa shape index (κ2) is 6.24. The average molecular weight is 291 g/mol. The van der Waals surface area contributed by atoms with E-state index in [1.807, 2.05) is 6.92 Å². The number of hydrogen-bond acceptors (Lipinski definition) is 5. The van der Waals surface area contributed by atoms with Crippen LogP contribution in [-0.4, -0.2) is 36.0 Å². The van der Waals surface area contributed by atoms with Gasteiger partial charge in [-0.15, -0.1) is 0 Å². The monoisotopic (exact) mass is 291 g/mol. The lowest BCUT2D eigenvalue weighted by Crippen LogP contribution is -2.32. The maximum atomic E-state index is 12.0. The minimum atomic E-state index is -3.82. The highest BCUT2D eigenvalue weighted by Crippen LogP contribution is 2.16. The van der Waals surface area contributed by atoms with Crippen LogP contribution in [0.25, 0.3) is 0 Å². The molecule has 1 aromatic heterocycles. The van der Waals surface area contributed by atoms with Gasteiger partial charge >= 0.3 is 0 Å². The molecule has 0 radical (unpaired) electrons. The Labute approximate surface area is 111 Å². The molecule has 0 unspecified atom stereocenters.